The number of nitrogens with two attached hydrogens (primary N) is 1. The Labute approximate surface area is 89.8 Å². The maximum atomic E-state index is 5.55. The van der Waals surface area contributed by atoms with Gasteiger partial charge >= 0.3 is 0 Å². The van der Waals surface area contributed by atoms with Crippen molar-refractivity contribution in [3.8, 4) is 0 Å². The van der Waals surface area contributed by atoms with Gasteiger partial charge in [-0.25, -0.2) is 0 Å². The first-order valence-electron chi connectivity index (χ1n) is 5.36. The van der Waals surface area contributed by atoms with Crippen molar-refractivity contribution in [3.63, 3.8) is 0 Å². The number of hydrogen-bond donors (Lipinski definition) is 1. The molecule has 0 radical (unpaired) electrons. The molecule has 1 aromatic heterocycles. The normalized spacial score (nSPS) is 23.1. The molecule has 0 aromatic carbocycles. The first-order valence-corrected chi connectivity index (χ1v) is 5.36. The van der Waals surface area contributed by atoms with Crippen LogP contribution >= 0.6 is 0 Å². The van der Waals surface area contributed by atoms with Crippen molar-refractivity contribution in [3.05, 3.63) is 12.3 Å². The molecule has 5 nitrogen and oxygen atoms in total. The Morgan fingerprint density at radius 2 is 2.47 bits per heavy atom. The van der Waals surface area contributed by atoms with Crippen LogP contribution in [0.25, 0.3) is 0 Å². The minimum atomic E-state index is 0.506. The van der Waals surface area contributed by atoms with Crippen molar-refractivity contribution < 1.29 is 4.74 Å². The van der Waals surface area contributed by atoms with Crippen molar-refractivity contribution in [2.75, 3.05) is 32.0 Å². The number of nitrogens with zero attached hydrogens (tertiary/aromatic N) is 3. The van der Waals surface area contributed by atoms with E-state index in [9.17, 15) is 0 Å². The van der Waals surface area contributed by atoms with Gasteiger partial charge in [-0.15, -0.1) is 0 Å². The van der Waals surface area contributed by atoms with E-state index in [1.54, 1.807) is 0 Å². The van der Waals surface area contributed by atoms with Gasteiger partial charge in [0.15, 0.2) is 0 Å². The Morgan fingerprint density at radius 1 is 1.60 bits per heavy atom. The van der Waals surface area contributed by atoms with E-state index in [1.165, 1.54) is 0 Å². The van der Waals surface area contributed by atoms with E-state index >= 15 is 0 Å². The number of rotatable bonds is 3. The molecule has 15 heavy (non-hydrogen) atoms. The Balaban J connectivity index is 1.81. The summed E-state index contributed by atoms with van der Waals surface area (Å²) in [7, 11) is 0. The van der Waals surface area contributed by atoms with E-state index in [0.717, 1.165) is 32.8 Å². The van der Waals surface area contributed by atoms with Gasteiger partial charge in [-0.2, -0.15) is 5.10 Å². The molecule has 1 saturated heterocycles. The Morgan fingerprint density at radius 3 is 3.13 bits per heavy atom. The van der Waals surface area contributed by atoms with E-state index in [4.69, 9.17) is 10.5 Å². The van der Waals surface area contributed by atoms with Crippen LogP contribution in [0.5, 0.6) is 0 Å². The predicted molar refractivity (Wildman–Crippen MR) is 58.5 cm³/mol. The largest absolute Gasteiger partial charge is 0.382 e. The number of ether oxygens (including phenoxy) is 1. The Bertz CT molecular complexity index is 312. The van der Waals surface area contributed by atoms with E-state index in [1.807, 2.05) is 16.9 Å². The summed E-state index contributed by atoms with van der Waals surface area (Å²) in [6.45, 7) is 6.77. The molecule has 1 unspecified atom stereocenters. The zero-order valence-corrected chi connectivity index (χ0v) is 9.09. The molecule has 0 aliphatic carbocycles. The molecule has 0 saturated carbocycles. The molecule has 0 spiro atoms. The summed E-state index contributed by atoms with van der Waals surface area (Å²) in [5.41, 5.74) is 5.55. The lowest BCUT2D eigenvalue weighted by Crippen LogP contribution is -2.44. The number of anilines is 1. The van der Waals surface area contributed by atoms with Crippen LogP contribution < -0.4 is 5.73 Å². The molecular weight excluding hydrogens is 192 g/mol. The molecule has 2 heterocycles. The Hall–Kier alpha value is -1.07. The second-order valence-corrected chi connectivity index (χ2v) is 3.96. The maximum absolute atomic E-state index is 5.55. The fourth-order valence-corrected chi connectivity index (χ4v) is 1.83. The minimum absolute atomic E-state index is 0.506. The van der Waals surface area contributed by atoms with Crippen LogP contribution in [-0.2, 0) is 11.3 Å². The summed E-state index contributed by atoms with van der Waals surface area (Å²) in [5, 5.41) is 4.16. The average molecular weight is 210 g/mol. The summed E-state index contributed by atoms with van der Waals surface area (Å²) in [5.74, 6) is 0.588. The van der Waals surface area contributed by atoms with E-state index < -0.39 is 0 Å². The monoisotopic (exact) mass is 210 g/mol. The molecule has 2 rings (SSSR count). The molecule has 5 heteroatoms. The van der Waals surface area contributed by atoms with Crippen molar-refractivity contribution in [2.24, 2.45) is 0 Å². The van der Waals surface area contributed by atoms with E-state index in [-0.39, 0.29) is 0 Å². The number of nitrogen functional groups attached to an aromatic ring is 1. The van der Waals surface area contributed by atoms with Crippen LogP contribution in [0.2, 0.25) is 0 Å². The highest BCUT2D eigenvalue weighted by Gasteiger charge is 2.17. The van der Waals surface area contributed by atoms with Crippen LogP contribution in [0.4, 0.5) is 5.82 Å². The molecule has 84 valence electrons. The van der Waals surface area contributed by atoms with Crippen molar-refractivity contribution in [2.45, 2.75) is 19.5 Å². The molecule has 2 N–H and O–H groups in total. The van der Waals surface area contributed by atoms with Gasteiger partial charge in [-0.1, -0.05) is 0 Å². The van der Waals surface area contributed by atoms with E-state index in [2.05, 4.69) is 16.9 Å². The van der Waals surface area contributed by atoms with Crippen molar-refractivity contribution in [1.82, 2.24) is 14.7 Å². The first kappa shape index (κ1) is 10.4. The van der Waals surface area contributed by atoms with Gasteiger partial charge in [0.2, 0.25) is 0 Å². The Kier molecular flexibility index (Phi) is 3.23. The molecule has 1 aliphatic heterocycles. The van der Waals surface area contributed by atoms with Gasteiger partial charge in [0.05, 0.1) is 19.8 Å². The molecular formula is C10H18N4O. The quantitative estimate of drug-likeness (QED) is 0.773. The third-order valence-electron chi connectivity index (χ3n) is 2.78. The van der Waals surface area contributed by atoms with Gasteiger partial charge < -0.3 is 10.5 Å². The van der Waals surface area contributed by atoms with E-state index in [0.29, 0.717) is 11.9 Å². The molecule has 1 aliphatic rings. The topological polar surface area (TPSA) is 56.3 Å². The van der Waals surface area contributed by atoms with Crippen LogP contribution in [0.15, 0.2) is 12.3 Å². The van der Waals surface area contributed by atoms with Crippen LogP contribution in [-0.4, -0.2) is 47.0 Å². The molecule has 0 bridgehead atoms. The van der Waals surface area contributed by atoms with Crippen LogP contribution in [0, 0.1) is 0 Å². The SMILES string of the molecule is CC1COCCN1CCn1ccc(N)n1. The minimum Gasteiger partial charge on any atom is -0.382 e. The zero-order valence-electron chi connectivity index (χ0n) is 9.09. The first-order chi connectivity index (χ1) is 7.25. The lowest BCUT2D eigenvalue weighted by Gasteiger charge is -2.33. The molecule has 1 aromatic rings. The number of hydrogen-bond acceptors (Lipinski definition) is 4. The molecule has 1 atom stereocenters. The summed E-state index contributed by atoms with van der Waals surface area (Å²) >= 11 is 0. The fraction of sp³-hybridized carbons (Fsp3) is 0.700. The number of morpholine rings is 1. The predicted octanol–water partition coefficient (Wildman–Crippen LogP) is 0.186. The fourth-order valence-electron chi connectivity index (χ4n) is 1.83. The van der Waals surface area contributed by atoms with Crippen molar-refractivity contribution >= 4 is 5.82 Å². The number of aromatic nitrogens is 2. The van der Waals surface area contributed by atoms with Gasteiger partial charge in [0.25, 0.3) is 0 Å². The molecule has 1 fully saturated rings. The second kappa shape index (κ2) is 4.63. The van der Waals surface area contributed by atoms with Gasteiger partial charge in [-0.3, -0.25) is 9.58 Å². The van der Waals surface area contributed by atoms with Gasteiger partial charge in [0.1, 0.15) is 5.82 Å². The highest BCUT2D eigenvalue weighted by atomic mass is 16.5. The summed E-state index contributed by atoms with van der Waals surface area (Å²) in [6.07, 6.45) is 1.92. The summed E-state index contributed by atoms with van der Waals surface area (Å²) in [6, 6.07) is 2.33. The highest BCUT2D eigenvalue weighted by Crippen LogP contribution is 2.06. The smallest absolute Gasteiger partial charge is 0.145 e. The standard InChI is InChI=1S/C10H18N4O/c1-9-8-15-7-6-13(9)4-5-14-3-2-10(11)12-14/h2-3,9H,4-8H2,1H3,(H2,11,12). The third kappa shape index (κ3) is 2.70. The van der Waals surface area contributed by atoms with Gasteiger partial charge in [-0.05, 0) is 13.0 Å². The highest BCUT2D eigenvalue weighted by molar-refractivity contribution is 5.23. The van der Waals surface area contributed by atoms with Crippen LogP contribution in [0.3, 0.4) is 0 Å². The molecule has 0 amide bonds. The zero-order chi connectivity index (χ0) is 10.7. The lowest BCUT2D eigenvalue weighted by molar-refractivity contribution is -0.00202. The van der Waals surface area contributed by atoms with Crippen LogP contribution in [0.1, 0.15) is 6.92 Å². The summed E-state index contributed by atoms with van der Waals surface area (Å²) in [4.78, 5) is 2.42. The third-order valence-corrected chi connectivity index (χ3v) is 2.78. The average Bonchev–Trinajstić information content (AvgIpc) is 2.63. The van der Waals surface area contributed by atoms with Crippen molar-refractivity contribution in [1.29, 1.82) is 0 Å². The lowest BCUT2D eigenvalue weighted by atomic mass is 10.2. The summed E-state index contributed by atoms with van der Waals surface area (Å²) < 4.78 is 7.27. The maximum Gasteiger partial charge on any atom is 0.145 e. The van der Waals surface area contributed by atoms with Gasteiger partial charge in [0, 0.05) is 25.3 Å². The second-order valence-electron chi connectivity index (χ2n) is 3.96.